The first-order valence-electron chi connectivity index (χ1n) is 12.8. The molecule has 0 bridgehead atoms. The van der Waals surface area contributed by atoms with E-state index in [2.05, 4.69) is 6.92 Å². The van der Waals surface area contributed by atoms with Gasteiger partial charge in [0, 0.05) is 12.1 Å². The van der Waals surface area contributed by atoms with E-state index in [1.807, 2.05) is 26.8 Å². The minimum atomic E-state index is -0.796. The van der Waals surface area contributed by atoms with Crippen LogP contribution in [0.1, 0.15) is 82.5 Å². The summed E-state index contributed by atoms with van der Waals surface area (Å²) in [5.74, 6) is -0.516. The molecule has 3 rings (SSSR count). The molecular formula is C29H37NO6. The molecule has 1 heterocycles. The molecule has 0 spiro atoms. The van der Waals surface area contributed by atoms with Crippen molar-refractivity contribution in [3.63, 3.8) is 0 Å². The molecule has 1 aliphatic heterocycles. The summed E-state index contributed by atoms with van der Waals surface area (Å²) in [5.41, 5.74) is 1.97. The molecular weight excluding hydrogens is 458 g/mol. The van der Waals surface area contributed by atoms with Crippen LogP contribution in [0.15, 0.2) is 42.0 Å². The van der Waals surface area contributed by atoms with Gasteiger partial charge in [0.25, 0.3) is 11.7 Å². The monoisotopic (exact) mass is 495 g/mol. The molecule has 2 aromatic carbocycles. The van der Waals surface area contributed by atoms with Crippen molar-refractivity contribution in [3.05, 3.63) is 58.7 Å². The van der Waals surface area contributed by atoms with E-state index in [0.29, 0.717) is 30.9 Å². The van der Waals surface area contributed by atoms with E-state index in [0.717, 1.165) is 30.6 Å². The van der Waals surface area contributed by atoms with Crippen LogP contribution >= 0.6 is 0 Å². The Morgan fingerprint density at radius 3 is 2.31 bits per heavy atom. The number of Topliss-reactive ketones (excluding diaryl/α,β-unsaturated/α-hetero) is 1. The smallest absolute Gasteiger partial charge is 0.295 e. The SMILES string of the molecule is CCCCCN1C(=O)C(=O)/C(=C(/O)c2ccc(OCC)c(C(C)C)c2)C1c1ccc(O)c(OCC)c1. The summed E-state index contributed by atoms with van der Waals surface area (Å²) in [7, 11) is 0. The predicted octanol–water partition coefficient (Wildman–Crippen LogP) is 5.92. The molecule has 1 fully saturated rings. The van der Waals surface area contributed by atoms with Crippen molar-refractivity contribution in [2.24, 2.45) is 0 Å². The minimum absolute atomic E-state index is 0.0309. The van der Waals surface area contributed by atoms with E-state index in [1.165, 1.54) is 11.0 Å². The number of hydrogen-bond donors (Lipinski definition) is 2. The van der Waals surface area contributed by atoms with Crippen molar-refractivity contribution >= 4 is 17.4 Å². The molecule has 0 aliphatic carbocycles. The molecule has 2 N–H and O–H groups in total. The highest BCUT2D eigenvalue weighted by Gasteiger charge is 2.46. The fraction of sp³-hybridized carbons (Fsp3) is 0.448. The minimum Gasteiger partial charge on any atom is -0.507 e. The molecule has 36 heavy (non-hydrogen) atoms. The first kappa shape index (κ1) is 27.1. The van der Waals surface area contributed by atoms with Gasteiger partial charge in [-0.15, -0.1) is 0 Å². The predicted molar refractivity (Wildman–Crippen MR) is 140 cm³/mol. The maximum atomic E-state index is 13.3. The van der Waals surface area contributed by atoms with E-state index < -0.39 is 17.7 Å². The Bertz CT molecular complexity index is 1140. The Labute approximate surface area is 213 Å². The number of phenolic OH excluding ortho intramolecular Hbond substituents is 1. The van der Waals surface area contributed by atoms with Gasteiger partial charge in [0.15, 0.2) is 11.5 Å². The first-order valence-corrected chi connectivity index (χ1v) is 12.8. The second-order valence-electron chi connectivity index (χ2n) is 9.20. The van der Waals surface area contributed by atoms with Gasteiger partial charge in [-0.1, -0.05) is 39.7 Å². The molecule has 0 radical (unpaired) electrons. The third kappa shape index (κ3) is 5.50. The Morgan fingerprint density at radius 1 is 0.972 bits per heavy atom. The molecule has 1 unspecified atom stereocenters. The Kier molecular flexibility index (Phi) is 9.02. The van der Waals surface area contributed by atoms with Crippen LogP contribution in [0.2, 0.25) is 0 Å². The largest absolute Gasteiger partial charge is 0.507 e. The van der Waals surface area contributed by atoms with E-state index >= 15 is 0 Å². The summed E-state index contributed by atoms with van der Waals surface area (Å²) >= 11 is 0. The standard InChI is InChI=1S/C29H37NO6/c1-6-9-10-15-30-26(19-11-13-22(31)24(17-19)36-8-3)25(28(33)29(30)34)27(32)20-12-14-23(35-7-2)21(16-20)18(4)5/h11-14,16-18,26,31-32H,6-10,15H2,1-5H3/b27-25+. The fourth-order valence-electron chi connectivity index (χ4n) is 4.55. The van der Waals surface area contributed by atoms with Crippen LogP contribution in [0.3, 0.4) is 0 Å². The van der Waals surface area contributed by atoms with E-state index in [9.17, 15) is 19.8 Å². The summed E-state index contributed by atoms with van der Waals surface area (Å²) in [5, 5.41) is 21.7. The number of carbonyl (C=O) groups is 2. The molecule has 0 saturated carbocycles. The zero-order valence-corrected chi connectivity index (χ0v) is 21.8. The Hall–Kier alpha value is -3.48. The summed E-state index contributed by atoms with van der Waals surface area (Å²) in [6.07, 6.45) is 2.61. The van der Waals surface area contributed by atoms with Crippen LogP contribution in [0.4, 0.5) is 0 Å². The normalized spacial score (nSPS) is 17.2. The Morgan fingerprint density at radius 2 is 1.67 bits per heavy atom. The highest BCUT2D eigenvalue weighted by atomic mass is 16.5. The van der Waals surface area contributed by atoms with E-state index in [-0.39, 0.29) is 28.7 Å². The van der Waals surface area contributed by atoms with Gasteiger partial charge in [-0.25, -0.2) is 0 Å². The first-order chi connectivity index (χ1) is 17.2. The number of aliphatic hydroxyl groups excluding tert-OH is 1. The highest BCUT2D eigenvalue weighted by molar-refractivity contribution is 6.46. The molecule has 1 saturated heterocycles. The summed E-state index contributed by atoms with van der Waals surface area (Å²) in [6.45, 7) is 11.1. The number of benzene rings is 2. The quantitative estimate of drug-likeness (QED) is 0.174. The lowest BCUT2D eigenvalue weighted by molar-refractivity contribution is -0.139. The summed E-state index contributed by atoms with van der Waals surface area (Å²) in [4.78, 5) is 28.0. The third-order valence-corrected chi connectivity index (χ3v) is 6.35. The van der Waals surface area contributed by atoms with Gasteiger partial charge in [0.05, 0.1) is 24.8 Å². The number of amides is 1. The van der Waals surface area contributed by atoms with E-state index in [1.54, 1.807) is 31.2 Å². The van der Waals surface area contributed by atoms with Crippen LogP contribution in [-0.4, -0.2) is 46.6 Å². The summed E-state index contributed by atoms with van der Waals surface area (Å²) < 4.78 is 11.3. The summed E-state index contributed by atoms with van der Waals surface area (Å²) in [6, 6.07) is 9.29. The number of carbonyl (C=O) groups excluding carboxylic acids is 2. The molecule has 194 valence electrons. The fourth-order valence-corrected chi connectivity index (χ4v) is 4.55. The van der Waals surface area contributed by atoms with Gasteiger partial charge >= 0.3 is 0 Å². The van der Waals surface area contributed by atoms with Gasteiger partial charge < -0.3 is 24.6 Å². The second-order valence-corrected chi connectivity index (χ2v) is 9.20. The van der Waals surface area contributed by atoms with Crippen molar-refractivity contribution in [2.75, 3.05) is 19.8 Å². The topological polar surface area (TPSA) is 96.3 Å². The number of phenols is 1. The van der Waals surface area contributed by atoms with Crippen LogP contribution in [-0.2, 0) is 9.59 Å². The van der Waals surface area contributed by atoms with Gasteiger partial charge in [0.1, 0.15) is 11.5 Å². The maximum Gasteiger partial charge on any atom is 0.295 e. The van der Waals surface area contributed by atoms with Gasteiger partial charge in [0.2, 0.25) is 0 Å². The number of rotatable bonds is 11. The van der Waals surface area contributed by atoms with Crippen LogP contribution < -0.4 is 9.47 Å². The number of hydrogen-bond acceptors (Lipinski definition) is 6. The average Bonchev–Trinajstić information content (AvgIpc) is 3.10. The van der Waals surface area contributed by atoms with E-state index in [4.69, 9.17) is 9.47 Å². The van der Waals surface area contributed by atoms with Gasteiger partial charge in [-0.3, -0.25) is 9.59 Å². The maximum absolute atomic E-state index is 13.3. The number of likely N-dealkylation sites (tertiary alicyclic amines) is 1. The van der Waals surface area contributed by atoms with Crippen molar-refractivity contribution < 1.29 is 29.3 Å². The molecule has 2 aromatic rings. The van der Waals surface area contributed by atoms with Crippen molar-refractivity contribution in [2.45, 2.75) is 65.8 Å². The molecule has 1 atom stereocenters. The van der Waals surface area contributed by atoms with Crippen LogP contribution in [0.25, 0.3) is 5.76 Å². The molecule has 7 nitrogen and oxygen atoms in total. The zero-order valence-electron chi connectivity index (χ0n) is 21.8. The zero-order chi connectivity index (χ0) is 26.4. The highest BCUT2D eigenvalue weighted by Crippen LogP contribution is 2.42. The van der Waals surface area contributed by atoms with Crippen molar-refractivity contribution in [1.82, 2.24) is 4.90 Å². The number of aromatic hydroxyl groups is 1. The van der Waals surface area contributed by atoms with Crippen LogP contribution in [0.5, 0.6) is 17.2 Å². The average molecular weight is 496 g/mol. The van der Waals surface area contributed by atoms with Crippen LogP contribution in [0, 0.1) is 0 Å². The lowest BCUT2D eigenvalue weighted by Crippen LogP contribution is -2.30. The number of unbranched alkanes of at least 4 members (excludes halogenated alkanes) is 2. The Balaban J connectivity index is 2.18. The molecule has 1 aliphatic rings. The van der Waals surface area contributed by atoms with Gasteiger partial charge in [-0.2, -0.15) is 0 Å². The molecule has 1 amide bonds. The molecule has 0 aromatic heterocycles. The molecule has 7 heteroatoms. The van der Waals surface area contributed by atoms with Crippen molar-refractivity contribution in [3.8, 4) is 17.2 Å². The number of aliphatic hydroxyl groups is 1. The lowest BCUT2D eigenvalue weighted by atomic mass is 9.93. The third-order valence-electron chi connectivity index (χ3n) is 6.35. The van der Waals surface area contributed by atoms with Crippen molar-refractivity contribution in [1.29, 1.82) is 0 Å². The lowest BCUT2D eigenvalue weighted by Gasteiger charge is -2.26. The number of ketones is 1. The van der Waals surface area contributed by atoms with Gasteiger partial charge in [-0.05, 0) is 67.6 Å². The number of ether oxygens (including phenoxy) is 2. The second kappa shape index (κ2) is 12.0. The number of nitrogens with zero attached hydrogens (tertiary/aromatic N) is 1.